The van der Waals surface area contributed by atoms with E-state index in [0.717, 1.165) is 12.8 Å². The molecule has 0 aliphatic heterocycles. The predicted octanol–water partition coefficient (Wildman–Crippen LogP) is 3.12. The second-order valence-electron chi connectivity index (χ2n) is 9.29. The van der Waals surface area contributed by atoms with Gasteiger partial charge in [0, 0.05) is 40.0 Å². The summed E-state index contributed by atoms with van der Waals surface area (Å²) in [6.45, 7) is 4.29. The van der Waals surface area contributed by atoms with Crippen LogP contribution in [0.3, 0.4) is 0 Å². The lowest BCUT2D eigenvalue weighted by Gasteiger charge is -2.16. The number of hydrogen-bond donors (Lipinski definition) is 7. The number of nitrogens with zero attached hydrogens (tertiary/aromatic N) is 1. The van der Waals surface area contributed by atoms with E-state index in [-0.39, 0.29) is 33.9 Å². The van der Waals surface area contributed by atoms with Crippen LogP contribution in [0, 0.1) is 11.3 Å². The smallest absolute Gasteiger partial charge is 0.394 e. The van der Waals surface area contributed by atoms with E-state index in [1.54, 1.807) is 36.4 Å². The molecular formula is C28H29N5O9S. The molecule has 1 saturated carbocycles. The van der Waals surface area contributed by atoms with Crippen LogP contribution >= 0.6 is 0 Å². The molecule has 0 bridgehead atoms. The van der Waals surface area contributed by atoms with Crippen molar-refractivity contribution in [2.45, 2.75) is 12.8 Å². The summed E-state index contributed by atoms with van der Waals surface area (Å²) in [6.07, 6.45) is 3.63. The number of nitrogens with one attached hydrogen (secondary N) is 3. The predicted molar refractivity (Wildman–Crippen MR) is 158 cm³/mol. The third kappa shape index (κ3) is 9.19. The van der Waals surface area contributed by atoms with Gasteiger partial charge in [0.15, 0.2) is 5.69 Å². The number of aromatic carboxylic acids is 1. The Labute approximate surface area is 246 Å². The number of rotatable bonds is 10. The summed E-state index contributed by atoms with van der Waals surface area (Å²) in [4.78, 5) is 42.3. The molecule has 1 heterocycles. The first-order chi connectivity index (χ1) is 20.2. The van der Waals surface area contributed by atoms with Gasteiger partial charge in [-0.15, -0.1) is 0 Å². The van der Waals surface area contributed by atoms with E-state index in [1.807, 2.05) is 0 Å². The molecule has 0 radical (unpaired) electrons. The maximum absolute atomic E-state index is 13.4. The van der Waals surface area contributed by atoms with Gasteiger partial charge in [0.2, 0.25) is 0 Å². The lowest BCUT2D eigenvalue weighted by molar-refractivity contribution is 0.0690. The number of methoxy groups -OCH3 is 1. The van der Waals surface area contributed by atoms with Crippen molar-refractivity contribution in [3.05, 3.63) is 83.2 Å². The normalized spacial score (nSPS) is 12.3. The number of anilines is 1. The minimum Gasteiger partial charge on any atom is -0.496 e. The number of carboxylic acids is 1. The number of nitrogens with two attached hydrogens (primary N) is 1. The molecule has 0 atom stereocenters. The number of ether oxygens (including phenoxy) is 1. The van der Waals surface area contributed by atoms with Gasteiger partial charge in [0.1, 0.15) is 17.3 Å². The summed E-state index contributed by atoms with van der Waals surface area (Å²) in [5.74, 6) is -1.61. The average Bonchev–Trinajstić information content (AvgIpc) is 3.79. The van der Waals surface area contributed by atoms with Crippen molar-refractivity contribution in [1.82, 2.24) is 10.3 Å². The van der Waals surface area contributed by atoms with Crippen LogP contribution < -0.4 is 21.1 Å². The second-order valence-corrected chi connectivity index (χ2v) is 10.2. The Kier molecular flexibility index (Phi) is 10.3. The van der Waals surface area contributed by atoms with Crippen LogP contribution in [0.5, 0.6) is 5.75 Å². The lowest BCUT2D eigenvalue weighted by atomic mass is 9.94. The highest BCUT2D eigenvalue weighted by atomic mass is 32.3. The zero-order chi connectivity index (χ0) is 31.9. The molecule has 0 spiro atoms. The molecule has 3 aromatic rings. The highest BCUT2D eigenvalue weighted by Gasteiger charge is 2.25. The SMILES string of the molecule is C=Cc1cc(C(=O)Nc2ccc(C(=N)N)cc2)c(-c2ccc(C(=O)NCC3CC3)nc2C(=O)O)cc1OC.O=S(=O)(O)O. The fourth-order valence-electron chi connectivity index (χ4n) is 3.89. The number of hydrogen-bond acceptors (Lipinski definition) is 8. The molecule has 4 rings (SSSR count). The molecule has 2 amide bonds. The Bertz CT molecular complexity index is 1680. The fraction of sp³-hybridized carbons (Fsp3) is 0.179. The molecule has 2 aromatic carbocycles. The van der Waals surface area contributed by atoms with Crippen LogP contribution in [-0.4, -0.2) is 64.9 Å². The lowest BCUT2D eigenvalue weighted by Crippen LogP contribution is -2.27. The van der Waals surface area contributed by atoms with Crippen molar-refractivity contribution in [3.8, 4) is 16.9 Å². The largest absolute Gasteiger partial charge is 0.496 e. The topological polar surface area (TPSA) is 242 Å². The van der Waals surface area contributed by atoms with Crippen molar-refractivity contribution in [2.24, 2.45) is 11.7 Å². The molecule has 1 aliphatic carbocycles. The third-order valence-electron chi connectivity index (χ3n) is 6.16. The molecule has 0 saturated heterocycles. The fourth-order valence-corrected chi connectivity index (χ4v) is 3.89. The summed E-state index contributed by atoms with van der Waals surface area (Å²) in [7, 11) is -3.22. The van der Waals surface area contributed by atoms with Gasteiger partial charge in [-0.25, -0.2) is 9.78 Å². The highest BCUT2D eigenvalue weighted by Crippen LogP contribution is 2.34. The minimum atomic E-state index is -4.67. The Morgan fingerprint density at radius 1 is 1.09 bits per heavy atom. The Morgan fingerprint density at radius 2 is 1.72 bits per heavy atom. The molecule has 0 unspecified atom stereocenters. The number of carbonyl (C=O) groups is 3. The standard InChI is InChI=1S/C28H27N5O5.H2O4S/c1-3-16-12-21(26(34)32-18-8-6-17(7-9-18)25(29)30)20(13-23(16)38-2)19-10-11-22(33-24(19)28(36)37)27(35)31-14-15-4-5-15;1-5(2,3)4/h3,6-13,15H,1,4-5,14H2,2H3,(H3,29,30)(H,31,35)(H,32,34)(H,36,37);(H2,1,2,3,4). The maximum atomic E-state index is 13.4. The summed E-state index contributed by atoms with van der Waals surface area (Å²) < 4.78 is 37.0. The van der Waals surface area contributed by atoms with E-state index in [0.29, 0.717) is 35.0 Å². The number of benzene rings is 2. The van der Waals surface area contributed by atoms with Crippen LogP contribution in [0.4, 0.5) is 5.69 Å². The van der Waals surface area contributed by atoms with Gasteiger partial charge < -0.3 is 26.2 Å². The molecule has 14 nitrogen and oxygen atoms in total. The van der Waals surface area contributed by atoms with Crippen molar-refractivity contribution < 1.29 is 41.8 Å². The quantitative estimate of drug-likeness (QED) is 0.0997. The summed E-state index contributed by atoms with van der Waals surface area (Å²) in [5, 5.41) is 23.0. The number of aromatic nitrogens is 1. The number of amidine groups is 1. The van der Waals surface area contributed by atoms with Gasteiger partial charge in [-0.05, 0) is 67.3 Å². The second kappa shape index (κ2) is 13.7. The molecule has 1 aliphatic rings. The van der Waals surface area contributed by atoms with E-state index in [2.05, 4.69) is 22.2 Å². The molecule has 43 heavy (non-hydrogen) atoms. The first-order valence-electron chi connectivity index (χ1n) is 12.5. The Hall–Kier alpha value is -5.12. The van der Waals surface area contributed by atoms with E-state index in [1.165, 1.54) is 25.3 Å². The number of carbonyl (C=O) groups excluding carboxylic acids is 2. The molecule has 15 heteroatoms. The van der Waals surface area contributed by atoms with E-state index in [9.17, 15) is 19.5 Å². The molecule has 1 aromatic heterocycles. The van der Waals surface area contributed by atoms with Gasteiger partial charge >= 0.3 is 16.4 Å². The van der Waals surface area contributed by atoms with Crippen LogP contribution in [0.1, 0.15) is 55.3 Å². The minimum absolute atomic E-state index is 0.0296. The number of nitrogen functional groups attached to an aromatic ring is 1. The maximum Gasteiger partial charge on any atom is 0.394 e. The zero-order valence-corrected chi connectivity index (χ0v) is 23.6. The van der Waals surface area contributed by atoms with Crippen molar-refractivity contribution >= 4 is 45.8 Å². The van der Waals surface area contributed by atoms with Crippen LogP contribution in [0.25, 0.3) is 17.2 Å². The summed E-state index contributed by atoms with van der Waals surface area (Å²) >= 11 is 0. The van der Waals surface area contributed by atoms with E-state index in [4.69, 9.17) is 33.4 Å². The van der Waals surface area contributed by atoms with Crippen molar-refractivity contribution in [3.63, 3.8) is 0 Å². The van der Waals surface area contributed by atoms with Gasteiger partial charge in [0.05, 0.1) is 7.11 Å². The molecule has 1 fully saturated rings. The Balaban J connectivity index is 0.000000934. The molecule has 8 N–H and O–H groups in total. The van der Waals surface area contributed by atoms with Crippen molar-refractivity contribution in [1.29, 1.82) is 5.41 Å². The Morgan fingerprint density at radius 3 is 2.23 bits per heavy atom. The van der Waals surface area contributed by atoms with Gasteiger partial charge in [-0.3, -0.25) is 24.1 Å². The number of carboxylic acid groups (broad SMARTS) is 1. The van der Waals surface area contributed by atoms with Gasteiger partial charge in [-0.2, -0.15) is 8.42 Å². The van der Waals surface area contributed by atoms with E-state index >= 15 is 0 Å². The van der Waals surface area contributed by atoms with Gasteiger partial charge in [0.25, 0.3) is 11.8 Å². The number of pyridine rings is 1. The zero-order valence-electron chi connectivity index (χ0n) is 22.8. The first kappa shape index (κ1) is 32.4. The van der Waals surface area contributed by atoms with Gasteiger partial charge in [-0.1, -0.05) is 12.7 Å². The summed E-state index contributed by atoms with van der Waals surface area (Å²) in [6, 6.07) is 12.4. The monoisotopic (exact) mass is 611 g/mol. The number of amides is 2. The molecule has 226 valence electrons. The third-order valence-corrected chi connectivity index (χ3v) is 6.16. The van der Waals surface area contributed by atoms with Crippen molar-refractivity contribution in [2.75, 3.05) is 19.0 Å². The molecular weight excluding hydrogens is 582 g/mol. The van der Waals surface area contributed by atoms with E-state index < -0.39 is 28.2 Å². The van der Waals surface area contributed by atoms with Crippen LogP contribution in [0.15, 0.2) is 55.1 Å². The van der Waals surface area contributed by atoms with Crippen LogP contribution in [-0.2, 0) is 10.4 Å². The average molecular weight is 612 g/mol. The van der Waals surface area contributed by atoms with Crippen LogP contribution in [0.2, 0.25) is 0 Å². The first-order valence-corrected chi connectivity index (χ1v) is 13.9. The summed E-state index contributed by atoms with van der Waals surface area (Å²) in [5.41, 5.74) is 7.09. The highest BCUT2D eigenvalue weighted by molar-refractivity contribution is 7.79.